The van der Waals surface area contributed by atoms with Gasteiger partial charge in [-0.15, -0.1) is 0 Å². The molecule has 8 nitrogen and oxygen atoms in total. The summed E-state index contributed by atoms with van der Waals surface area (Å²) in [5, 5.41) is 0. The zero-order valence-corrected chi connectivity index (χ0v) is 45.0. The molecule has 0 aromatic rings. The molecule has 0 aliphatic rings. The first-order valence-corrected chi connectivity index (χ1v) is 24.5. The van der Waals surface area contributed by atoms with Crippen molar-refractivity contribution in [3.05, 3.63) is 116 Å². The predicted molar refractivity (Wildman–Crippen MR) is 273 cm³/mol. The van der Waals surface area contributed by atoms with Gasteiger partial charge < -0.3 is 19.1 Å². The lowest BCUT2D eigenvalue weighted by molar-refractivity contribution is -0.320. The summed E-state index contributed by atoms with van der Waals surface area (Å²) in [6, 6.07) is 0. The molecule has 0 aliphatic heterocycles. The number of rotatable bonds is 30. The van der Waals surface area contributed by atoms with E-state index in [-0.39, 0.29) is 52.1 Å². The van der Waals surface area contributed by atoms with Gasteiger partial charge in [-0.1, -0.05) is 116 Å². The zero-order valence-electron chi connectivity index (χ0n) is 44.1. The summed E-state index contributed by atoms with van der Waals surface area (Å²) in [5.74, 6) is -0.458. The quantitative estimate of drug-likeness (QED) is 0.0562. The van der Waals surface area contributed by atoms with Gasteiger partial charge in [-0.2, -0.15) is 0 Å². The Morgan fingerprint density at radius 1 is 0.406 bits per heavy atom. The van der Waals surface area contributed by atoms with E-state index in [0.717, 1.165) is 55.7 Å². The third-order valence-electron chi connectivity index (χ3n) is 10.8. The Bertz CT molecular complexity index is 1820. The lowest BCUT2D eigenvalue weighted by atomic mass is 9.56. The van der Waals surface area contributed by atoms with Crippen molar-refractivity contribution in [3.63, 3.8) is 0 Å². The van der Waals surface area contributed by atoms with Gasteiger partial charge in [0.15, 0.2) is 11.4 Å². The lowest BCUT2D eigenvalue weighted by Crippen LogP contribution is -2.79. The number of Topliss-reactive ketones (excluding diaryl/α,β-unsaturated/α-hetero) is 1. The van der Waals surface area contributed by atoms with Gasteiger partial charge in [0.2, 0.25) is 0 Å². The molecule has 0 radical (unpaired) electrons. The molecule has 1 N–H and O–H groups in total. The van der Waals surface area contributed by atoms with Crippen LogP contribution in [0, 0.1) is 0 Å². The van der Waals surface area contributed by atoms with E-state index in [1.165, 1.54) is 0 Å². The first-order chi connectivity index (χ1) is 29.5. The number of allylic oxidation sites excluding steroid dienone is 11. The summed E-state index contributed by atoms with van der Waals surface area (Å²) in [5.41, 5.74) is 2.64. The SMILES string of the molecule is CC(C)=CCOC(CC=C(C)C)(CC=C(C)C)[C@@](CC=C(C)C)(OCC=C(C)C)C(CC=C(C)C)(OCC=C(C)C)[C@@](CC=C(C)C)(OP(=O)(O)OCC=C(C)C)C(=O)CC=C(C)C. The van der Waals surface area contributed by atoms with Gasteiger partial charge in [-0.3, -0.25) is 13.8 Å². The molecule has 0 saturated carbocycles. The molecule has 0 amide bonds. The molecule has 2 unspecified atom stereocenters. The second kappa shape index (κ2) is 29.0. The van der Waals surface area contributed by atoms with E-state index in [1.807, 2.05) is 141 Å². The van der Waals surface area contributed by atoms with Gasteiger partial charge in [0.25, 0.3) is 0 Å². The van der Waals surface area contributed by atoms with Crippen molar-refractivity contribution >= 4 is 13.6 Å². The molecule has 0 aliphatic carbocycles. The number of ether oxygens (including phenoxy) is 3. The smallest absolute Gasteiger partial charge is 0.367 e. The Hall–Kier alpha value is -2.94. The van der Waals surface area contributed by atoms with Gasteiger partial charge in [0.05, 0.1) is 26.4 Å². The summed E-state index contributed by atoms with van der Waals surface area (Å²) in [7, 11) is -5.11. The summed E-state index contributed by atoms with van der Waals surface area (Å²) in [6.45, 7) is 40.0. The number of ketones is 1. The number of carbonyl (C=O) groups excluding carboxylic acids is 1. The fraction of sp³-hybridized carbons (Fsp3) is 0.618. The number of hydrogen-bond donors (Lipinski definition) is 1. The van der Waals surface area contributed by atoms with E-state index >= 15 is 4.79 Å². The van der Waals surface area contributed by atoms with Crippen LogP contribution in [0.25, 0.3) is 0 Å². The highest BCUT2D eigenvalue weighted by molar-refractivity contribution is 7.47. The van der Waals surface area contributed by atoms with Crippen molar-refractivity contribution in [2.24, 2.45) is 0 Å². The normalized spacial score (nSPS) is 15.0. The molecule has 0 saturated heterocycles. The van der Waals surface area contributed by atoms with E-state index in [1.54, 1.807) is 6.08 Å². The maximum Gasteiger partial charge on any atom is 0.473 e. The first kappa shape index (κ1) is 61.1. The van der Waals surface area contributed by atoms with Crippen molar-refractivity contribution in [1.82, 2.24) is 0 Å². The third kappa shape index (κ3) is 20.3. The topological polar surface area (TPSA) is 101 Å². The average molecular weight is 911 g/mol. The van der Waals surface area contributed by atoms with Crippen molar-refractivity contribution in [2.45, 2.75) is 199 Å². The molecule has 0 aromatic carbocycles. The van der Waals surface area contributed by atoms with Gasteiger partial charge in [0.1, 0.15) is 16.8 Å². The molecular formula is C55H91O8P. The van der Waals surface area contributed by atoms with Gasteiger partial charge in [-0.25, -0.2) is 4.57 Å². The molecule has 64 heavy (non-hydrogen) atoms. The lowest BCUT2D eigenvalue weighted by Gasteiger charge is -2.63. The molecular weight excluding hydrogens is 820 g/mol. The second-order valence-electron chi connectivity index (χ2n) is 19.7. The minimum Gasteiger partial charge on any atom is -0.367 e. The summed E-state index contributed by atoms with van der Waals surface area (Å²) >= 11 is 0. The van der Waals surface area contributed by atoms with E-state index in [4.69, 9.17) is 23.3 Å². The fourth-order valence-corrected chi connectivity index (χ4v) is 8.15. The van der Waals surface area contributed by atoms with Crippen LogP contribution in [0.3, 0.4) is 0 Å². The molecule has 9 heteroatoms. The van der Waals surface area contributed by atoms with Crippen molar-refractivity contribution in [1.29, 1.82) is 0 Å². The van der Waals surface area contributed by atoms with E-state index < -0.39 is 36.0 Å². The van der Waals surface area contributed by atoms with Crippen LogP contribution in [0.2, 0.25) is 0 Å². The van der Waals surface area contributed by atoms with Crippen LogP contribution < -0.4 is 0 Å². The summed E-state index contributed by atoms with van der Waals surface area (Å²) < 4.78 is 50.7. The van der Waals surface area contributed by atoms with Crippen LogP contribution in [0.4, 0.5) is 0 Å². The molecule has 0 rings (SSSR count). The van der Waals surface area contributed by atoms with Crippen LogP contribution in [0.5, 0.6) is 0 Å². The molecule has 4 atom stereocenters. The molecule has 364 valence electrons. The Kier molecular flexibility index (Phi) is 27.6. The number of hydrogen-bond acceptors (Lipinski definition) is 7. The zero-order chi connectivity index (χ0) is 49.5. The monoisotopic (exact) mass is 911 g/mol. The fourth-order valence-electron chi connectivity index (χ4n) is 7.12. The maximum atomic E-state index is 16.2. The Morgan fingerprint density at radius 3 is 1.11 bits per heavy atom. The highest BCUT2D eigenvalue weighted by Crippen LogP contribution is 2.61. The molecule has 0 fully saturated rings. The highest BCUT2D eigenvalue weighted by Gasteiger charge is 2.75. The molecule has 0 aromatic heterocycles. The first-order valence-electron chi connectivity index (χ1n) is 23.0. The standard InChI is InChI=1S/C55H91O8P/c1-41(2)21-22-51(56)53(34-25-44(7)8,63-64(57,58)62-40-31-50(19)20)55(36-27-46(11)12,61-39-30-49(17)18)54(35-26-45(9)10,60-38-29-48(15)16)52(32-23-42(3)4,33-24-43(5)6)59-37-28-47(13)14/h21,23-31H,22,32-40H2,1-20H3,(H,57,58)/t53-,54+,55?/m0/s1. The van der Waals surface area contributed by atoms with Crippen LogP contribution in [-0.4, -0.2) is 59.5 Å². The largest absolute Gasteiger partial charge is 0.473 e. The van der Waals surface area contributed by atoms with Crippen LogP contribution in [0.1, 0.15) is 177 Å². The third-order valence-corrected chi connectivity index (χ3v) is 11.8. The Morgan fingerprint density at radius 2 is 0.719 bits per heavy atom. The second-order valence-corrected chi connectivity index (χ2v) is 21.1. The Balaban J connectivity index is 10.6. The minimum absolute atomic E-state index is 0.0149. The summed E-state index contributed by atoms with van der Waals surface area (Å²) in [4.78, 5) is 28.4. The molecule has 0 spiro atoms. The van der Waals surface area contributed by atoms with Gasteiger partial charge in [-0.05, 0) is 151 Å². The van der Waals surface area contributed by atoms with Gasteiger partial charge >= 0.3 is 7.82 Å². The van der Waals surface area contributed by atoms with E-state index in [0.29, 0.717) is 12.8 Å². The van der Waals surface area contributed by atoms with Crippen molar-refractivity contribution < 1.29 is 37.5 Å². The van der Waals surface area contributed by atoms with Crippen LogP contribution >= 0.6 is 7.82 Å². The molecule has 0 bridgehead atoms. The number of carbonyl (C=O) groups is 1. The highest BCUT2D eigenvalue weighted by atomic mass is 31.2. The van der Waals surface area contributed by atoms with Gasteiger partial charge in [0, 0.05) is 25.7 Å². The van der Waals surface area contributed by atoms with Crippen molar-refractivity contribution in [3.8, 4) is 0 Å². The average Bonchev–Trinajstić information content (AvgIpc) is 3.15. The van der Waals surface area contributed by atoms with Crippen LogP contribution in [0.15, 0.2) is 116 Å². The number of phosphoric acid groups is 1. The summed E-state index contributed by atoms with van der Waals surface area (Å²) in [6.07, 6.45) is 20.5. The van der Waals surface area contributed by atoms with E-state index in [2.05, 4.69) is 52.0 Å². The predicted octanol–water partition coefficient (Wildman–Crippen LogP) is 15.7. The number of phosphoric ester groups is 1. The molecule has 0 heterocycles. The van der Waals surface area contributed by atoms with E-state index in [9.17, 15) is 9.46 Å². The maximum absolute atomic E-state index is 16.2. The van der Waals surface area contributed by atoms with Crippen molar-refractivity contribution in [2.75, 3.05) is 26.4 Å². The Labute approximate surface area is 392 Å². The van der Waals surface area contributed by atoms with Crippen LogP contribution in [-0.2, 0) is 32.6 Å². The minimum atomic E-state index is -5.11.